The van der Waals surface area contributed by atoms with Crippen LogP contribution in [0, 0.1) is 5.92 Å². The summed E-state index contributed by atoms with van der Waals surface area (Å²) >= 11 is 0. The van der Waals surface area contributed by atoms with Crippen molar-refractivity contribution >= 4 is 9.84 Å². The van der Waals surface area contributed by atoms with Crippen LogP contribution in [0.3, 0.4) is 0 Å². The van der Waals surface area contributed by atoms with E-state index in [0.29, 0.717) is 11.7 Å². The lowest BCUT2D eigenvalue weighted by molar-refractivity contribution is 0.326. The summed E-state index contributed by atoms with van der Waals surface area (Å²) in [6, 6.07) is 0.220. The van der Waals surface area contributed by atoms with Crippen LogP contribution in [0.2, 0.25) is 0 Å². The Labute approximate surface area is 112 Å². The molecule has 106 valence electrons. The summed E-state index contributed by atoms with van der Waals surface area (Å²) in [5.74, 6) is 1.00. The van der Waals surface area contributed by atoms with E-state index in [-0.39, 0.29) is 11.3 Å². The summed E-state index contributed by atoms with van der Waals surface area (Å²) in [5, 5.41) is 3.45. The molecule has 2 atom stereocenters. The highest BCUT2D eigenvalue weighted by molar-refractivity contribution is 7.92. The molecule has 2 fully saturated rings. The molecule has 0 aromatic carbocycles. The Morgan fingerprint density at radius 2 is 1.78 bits per heavy atom. The monoisotopic (exact) mass is 273 g/mol. The topological polar surface area (TPSA) is 46.2 Å². The number of rotatable bonds is 5. The quantitative estimate of drug-likeness (QED) is 0.837. The molecule has 0 aromatic rings. The maximum Gasteiger partial charge on any atom is 0.154 e. The second kappa shape index (κ2) is 6.38. The molecule has 18 heavy (non-hydrogen) atoms. The average Bonchev–Trinajstić information content (AvgIpc) is 2.85. The van der Waals surface area contributed by atoms with E-state index in [1.165, 1.54) is 25.7 Å². The molecule has 1 saturated carbocycles. The fraction of sp³-hybridized carbons (Fsp3) is 1.00. The van der Waals surface area contributed by atoms with Gasteiger partial charge in [0.1, 0.15) is 0 Å². The smallest absolute Gasteiger partial charge is 0.154 e. The van der Waals surface area contributed by atoms with Crippen LogP contribution >= 0.6 is 0 Å². The van der Waals surface area contributed by atoms with Gasteiger partial charge in [-0.2, -0.15) is 0 Å². The van der Waals surface area contributed by atoms with E-state index in [2.05, 4.69) is 12.2 Å². The summed E-state index contributed by atoms with van der Waals surface area (Å²) < 4.78 is 24.6. The normalized spacial score (nSPS) is 30.4. The molecule has 0 spiro atoms. The zero-order valence-corrected chi connectivity index (χ0v) is 12.3. The van der Waals surface area contributed by atoms with Gasteiger partial charge in [0.15, 0.2) is 9.84 Å². The Morgan fingerprint density at radius 1 is 1.11 bits per heavy atom. The van der Waals surface area contributed by atoms with Gasteiger partial charge in [0.2, 0.25) is 0 Å². The molecule has 1 aliphatic carbocycles. The molecule has 3 nitrogen and oxygen atoms in total. The molecule has 0 bridgehead atoms. The Balaban J connectivity index is 2.10. The minimum absolute atomic E-state index is 0.110. The highest BCUT2D eigenvalue weighted by Crippen LogP contribution is 2.34. The first-order chi connectivity index (χ1) is 8.65. The maximum atomic E-state index is 12.3. The Morgan fingerprint density at radius 3 is 2.39 bits per heavy atom. The van der Waals surface area contributed by atoms with Crippen molar-refractivity contribution < 1.29 is 8.42 Å². The predicted molar refractivity (Wildman–Crippen MR) is 75.5 cm³/mol. The summed E-state index contributed by atoms with van der Waals surface area (Å²) in [5.41, 5.74) is 0. The van der Waals surface area contributed by atoms with Gasteiger partial charge in [-0.25, -0.2) is 8.42 Å². The number of sulfone groups is 1. The third-order valence-corrected chi connectivity index (χ3v) is 6.88. The summed E-state index contributed by atoms with van der Waals surface area (Å²) in [4.78, 5) is 0. The lowest BCUT2D eigenvalue weighted by Crippen LogP contribution is -2.50. The van der Waals surface area contributed by atoms with Crippen LogP contribution in [0.15, 0.2) is 0 Å². The highest BCUT2D eigenvalue weighted by atomic mass is 32.2. The van der Waals surface area contributed by atoms with Crippen LogP contribution in [-0.2, 0) is 9.84 Å². The van der Waals surface area contributed by atoms with Crippen LogP contribution in [0.5, 0.6) is 0 Å². The van der Waals surface area contributed by atoms with Crippen molar-refractivity contribution in [2.45, 2.75) is 69.6 Å². The molecule has 1 aliphatic heterocycles. The largest absolute Gasteiger partial charge is 0.312 e. The molecular weight excluding hydrogens is 246 g/mol. The SMILES string of the molecule is CCCNC(C1CCCC1)C1CCCCS1(=O)=O. The number of hydrogen-bond donors (Lipinski definition) is 1. The number of hydrogen-bond acceptors (Lipinski definition) is 3. The zero-order chi connectivity index (χ0) is 13.0. The van der Waals surface area contributed by atoms with E-state index in [9.17, 15) is 8.42 Å². The van der Waals surface area contributed by atoms with Crippen molar-refractivity contribution in [1.82, 2.24) is 5.32 Å². The first-order valence-electron chi connectivity index (χ1n) is 7.60. The van der Waals surface area contributed by atoms with E-state index in [1.807, 2.05) is 0 Å². The van der Waals surface area contributed by atoms with Crippen molar-refractivity contribution in [2.24, 2.45) is 5.92 Å². The van der Waals surface area contributed by atoms with E-state index in [0.717, 1.165) is 32.2 Å². The van der Waals surface area contributed by atoms with Gasteiger partial charge in [0.05, 0.1) is 11.0 Å². The molecule has 0 radical (unpaired) electrons. The van der Waals surface area contributed by atoms with Crippen molar-refractivity contribution in [2.75, 3.05) is 12.3 Å². The standard InChI is InChI=1S/C14H27NO2S/c1-2-10-15-14(12-7-3-4-8-12)13-9-5-6-11-18(13,16)17/h12-15H,2-11H2,1H3. The minimum atomic E-state index is -2.85. The molecule has 2 rings (SSSR count). The van der Waals surface area contributed by atoms with Gasteiger partial charge in [0, 0.05) is 6.04 Å². The first-order valence-corrected chi connectivity index (χ1v) is 9.31. The number of nitrogens with one attached hydrogen (secondary N) is 1. The predicted octanol–water partition coefficient (Wildman–Crippen LogP) is 2.51. The van der Waals surface area contributed by atoms with Crippen LogP contribution < -0.4 is 5.32 Å². The molecule has 2 aliphatic rings. The van der Waals surface area contributed by atoms with Crippen LogP contribution in [0.25, 0.3) is 0 Å². The molecule has 1 N–H and O–H groups in total. The molecule has 0 amide bonds. The average molecular weight is 273 g/mol. The van der Waals surface area contributed by atoms with Crippen LogP contribution in [-0.4, -0.2) is 32.0 Å². The van der Waals surface area contributed by atoms with Crippen molar-refractivity contribution in [1.29, 1.82) is 0 Å². The van der Waals surface area contributed by atoms with E-state index in [1.54, 1.807) is 0 Å². The fourth-order valence-corrected chi connectivity index (χ4v) is 5.81. The Bertz CT molecular complexity index is 347. The van der Waals surface area contributed by atoms with Gasteiger partial charge in [0.25, 0.3) is 0 Å². The lowest BCUT2D eigenvalue weighted by atomic mass is 9.92. The molecule has 1 heterocycles. The van der Waals surface area contributed by atoms with Gasteiger partial charge in [-0.15, -0.1) is 0 Å². The molecule has 1 saturated heterocycles. The Hall–Kier alpha value is -0.0900. The van der Waals surface area contributed by atoms with E-state index < -0.39 is 9.84 Å². The van der Waals surface area contributed by atoms with Gasteiger partial charge in [-0.05, 0) is 44.6 Å². The second-order valence-corrected chi connectivity index (χ2v) is 8.27. The van der Waals surface area contributed by atoms with Crippen molar-refractivity contribution in [3.63, 3.8) is 0 Å². The van der Waals surface area contributed by atoms with E-state index >= 15 is 0 Å². The van der Waals surface area contributed by atoms with Gasteiger partial charge >= 0.3 is 0 Å². The van der Waals surface area contributed by atoms with Gasteiger partial charge < -0.3 is 5.32 Å². The Kier molecular flexibility index (Phi) is 5.07. The van der Waals surface area contributed by atoms with Crippen LogP contribution in [0.4, 0.5) is 0 Å². The van der Waals surface area contributed by atoms with Gasteiger partial charge in [-0.1, -0.05) is 26.2 Å². The zero-order valence-electron chi connectivity index (χ0n) is 11.5. The second-order valence-electron chi connectivity index (χ2n) is 5.93. The highest BCUT2D eigenvalue weighted by Gasteiger charge is 2.39. The minimum Gasteiger partial charge on any atom is -0.312 e. The van der Waals surface area contributed by atoms with Crippen molar-refractivity contribution in [3.8, 4) is 0 Å². The molecule has 2 unspecified atom stereocenters. The van der Waals surface area contributed by atoms with E-state index in [4.69, 9.17) is 0 Å². The maximum absolute atomic E-state index is 12.3. The molecule has 0 aromatic heterocycles. The van der Waals surface area contributed by atoms with Crippen molar-refractivity contribution in [3.05, 3.63) is 0 Å². The first kappa shape index (κ1) is 14.3. The lowest BCUT2D eigenvalue weighted by Gasteiger charge is -2.34. The molecular formula is C14H27NO2S. The van der Waals surface area contributed by atoms with Crippen LogP contribution in [0.1, 0.15) is 58.3 Å². The van der Waals surface area contributed by atoms with Gasteiger partial charge in [-0.3, -0.25) is 0 Å². The third kappa shape index (κ3) is 3.27. The summed E-state index contributed by atoms with van der Waals surface area (Å²) in [7, 11) is -2.85. The molecule has 4 heteroatoms. The summed E-state index contributed by atoms with van der Waals surface area (Å²) in [6.45, 7) is 3.10. The summed E-state index contributed by atoms with van der Waals surface area (Å²) in [6.07, 6.45) is 8.89. The third-order valence-electron chi connectivity index (χ3n) is 4.57. The fourth-order valence-electron chi connectivity index (χ4n) is 3.61.